The molecule has 0 unspecified atom stereocenters. The van der Waals surface area contributed by atoms with E-state index in [0.717, 1.165) is 11.8 Å². The number of rotatable bonds is 6. The summed E-state index contributed by atoms with van der Waals surface area (Å²) in [6.45, 7) is 0.287. The van der Waals surface area contributed by atoms with E-state index in [-0.39, 0.29) is 17.7 Å². The number of imidazole rings is 1. The van der Waals surface area contributed by atoms with E-state index < -0.39 is 11.9 Å². The molecule has 3 aromatic rings. The van der Waals surface area contributed by atoms with Gasteiger partial charge in [0.25, 0.3) is 0 Å². The number of aryl methyl sites for hydroxylation is 1. The second-order valence-electron chi connectivity index (χ2n) is 6.01. The topological polar surface area (TPSA) is 65.3 Å². The minimum Gasteiger partial charge on any atom is -0.491 e. The van der Waals surface area contributed by atoms with E-state index in [2.05, 4.69) is 15.0 Å². The van der Waals surface area contributed by atoms with Crippen molar-refractivity contribution in [3.05, 3.63) is 53.2 Å². The SMILES string of the molecule is COc1cnc(Cl)nc1N(Cc1ccc(-c2nc(C(F)(F)F)cn2C)cc1)OC. The predicted octanol–water partition coefficient (Wildman–Crippen LogP) is 4.13. The standard InChI is InChI=1S/C18H17ClF3N5O2/c1-26-10-14(18(20,21)22)24-15(26)12-6-4-11(5-7-12)9-27(29-3)16-13(28-2)8-23-17(19)25-16/h4-8,10H,9H2,1-3H3. The molecule has 0 atom stereocenters. The zero-order valence-corrected chi connectivity index (χ0v) is 16.5. The maximum atomic E-state index is 12.9. The lowest BCUT2D eigenvalue weighted by atomic mass is 10.1. The highest BCUT2D eigenvalue weighted by Gasteiger charge is 2.34. The highest BCUT2D eigenvalue weighted by molar-refractivity contribution is 6.28. The number of benzene rings is 1. The summed E-state index contributed by atoms with van der Waals surface area (Å²) in [5.74, 6) is 0.940. The van der Waals surface area contributed by atoms with E-state index in [1.165, 1.54) is 37.1 Å². The Bertz CT molecular complexity index is 992. The fourth-order valence-electron chi connectivity index (χ4n) is 2.69. The van der Waals surface area contributed by atoms with Crippen LogP contribution < -0.4 is 9.80 Å². The molecule has 0 aliphatic carbocycles. The number of hydrogen-bond donors (Lipinski definition) is 0. The quantitative estimate of drug-likeness (QED) is 0.435. The normalized spacial score (nSPS) is 11.6. The van der Waals surface area contributed by atoms with Gasteiger partial charge >= 0.3 is 6.18 Å². The number of anilines is 1. The molecule has 11 heteroatoms. The van der Waals surface area contributed by atoms with E-state index in [0.29, 0.717) is 17.1 Å². The molecule has 29 heavy (non-hydrogen) atoms. The van der Waals surface area contributed by atoms with Crippen molar-refractivity contribution in [2.24, 2.45) is 7.05 Å². The number of methoxy groups -OCH3 is 1. The number of ether oxygens (including phenoxy) is 1. The Kier molecular flexibility index (Phi) is 5.94. The third-order valence-electron chi connectivity index (χ3n) is 4.09. The highest BCUT2D eigenvalue weighted by atomic mass is 35.5. The van der Waals surface area contributed by atoms with Gasteiger partial charge < -0.3 is 9.30 Å². The summed E-state index contributed by atoms with van der Waals surface area (Å²) in [5, 5.41) is 1.50. The zero-order valence-electron chi connectivity index (χ0n) is 15.7. The van der Waals surface area contributed by atoms with E-state index >= 15 is 0 Å². The Hall–Kier alpha value is -2.85. The van der Waals surface area contributed by atoms with Crippen molar-refractivity contribution < 1.29 is 22.7 Å². The van der Waals surface area contributed by atoms with Crippen molar-refractivity contribution in [3.8, 4) is 17.1 Å². The molecule has 154 valence electrons. The molecule has 0 spiro atoms. The van der Waals surface area contributed by atoms with E-state index in [9.17, 15) is 13.2 Å². The minimum absolute atomic E-state index is 0.0356. The molecular formula is C18H17ClF3N5O2. The average molecular weight is 428 g/mol. The first kappa shape index (κ1) is 20.9. The molecule has 0 aliphatic rings. The molecule has 2 heterocycles. The predicted molar refractivity (Wildman–Crippen MR) is 100 cm³/mol. The third kappa shape index (κ3) is 4.60. The van der Waals surface area contributed by atoms with Crippen LogP contribution >= 0.6 is 11.6 Å². The summed E-state index contributed by atoms with van der Waals surface area (Å²) >= 11 is 5.87. The number of hydroxylamine groups is 1. The molecule has 0 aliphatic heterocycles. The average Bonchev–Trinajstić information content (AvgIpc) is 3.09. The Balaban J connectivity index is 1.84. The summed E-state index contributed by atoms with van der Waals surface area (Å²) in [6, 6.07) is 6.91. The van der Waals surface area contributed by atoms with Crippen molar-refractivity contribution in [2.75, 3.05) is 19.3 Å². The van der Waals surface area contributed by atoms with E-state index in [1.54, 1.807) is 24.3 Å². The molecule has 1 aromatic carbocycles. The molecule has 0 bridgehead atoms. The van der Waals surface area contributed by atoms with E-state index in [4.69, 9.17) is 21.2 Å². The smallest absolute Gasteiger partial charge is 0.434 e. The van der Waals surface area contributed by atoms with Crippen molar-refractivity contribution >= 4 is 17.4 Å². The lowest BCUT2D eigenvalue weighted by molar-refractivity contribution is -0.140. The van der Waals surface area contributed by atoms with Gasteiger partial charge in [-0.2, -0.15) is 18.2 Å². The van der Waals surface area contributed by atoms with Gasteiger partial charge in [0.15, 0.2) is 17.3 Å². The summed E-state index contributed by atoms with van der Waals surface area (Å²) in [6.07, 6.45) is -2.10. The van der Waals surface area contributed by atoms with Crippen LogP contribution in [0.5, 0.6) is 5.75 Å². The summed E-state index contributed by atoms with van der Waals surface area (Å²) in [4.78, 5) is 17.1. The van der Waals surface area contributed by atoms with Crippen LogP contribution in [0.2, 0.25) is 5.28 Å². The maximum Gasteiger partial charge on any atom is 0.434 e. The van der Waals surface area contributed by atoms with Gasteiger partial charge in [0.1, 0.15) is 5.82 Å². The second kappa shape index (κ2) is 8.26. The second-order valence-corrected chi connectivity index (χ2v) is 6.34. The van der Waals surface area contributed by atoms with Crippen molar-refractivity contribution in [1.29, 1.82) is 0 Å². The molecule has 0 radical (unpaired) electrons. The Morgan fingerprint density at radius 1 is 1.14 bits per heavy atom. The minimum atomic E-state index is -4.49. The van der Waals surface area contributed by atoms with Crippen LogP contribution in [0.3, 0.4) is 0 Å². The lowest BCUT2D eigenvalue weighted by Crippen LogP contribution is -2.23. The van der Waals surface area contributed by atoms with Crippen molar-refractivity contribution in [2.45, 2.75) is 12.7 Å². The van der Waals surface area contributed by atoms with Crippen LogP contribution in [0.15, 0.2) is 36.7 Å². The Morgan fingerprint density at radius 2 is 1.83 bits per heavy atom. The fourth-order valence-corrected chi connectivity index (χ4v) is 2.81. The van der Waals surface area contributed by atoms with Crippen LogP contribution in [0.1, 0.15) is 11.3 Å². The van der Waals surface area contributed by atoms with Crippen molar-refractivity contribution in [1.82, 2.24) is 19.5 Å². The Labute approximate surface area is 169 Å². The number of aromatic nitrogens is 4. The van der Waals surface area contributed by atoms with Gasteiger partial charge in [-0.05, 0) is 17.2 Å². The monoisotopic (exact) mass is 427 g/mol. The molecule has 0 fully saturated rings. The summed E-state index contributed by atoms with van der Waals surface area (Å²) in [7, 11) is 4.46. The first-order valence-corrected chi connectivity index (χ1v) is 8.68. The van der Waals surface area contributed by atoms with E-state index in [1.807, 2.05) is 0 Å². The van der Waals surface area contributed by atoms with Crippen molar-refractivity contribution in [3.63, 3.8) is 0 Å². The van der Waals surface area contributed by atoms with Gasteiger partial charge in [-0.3, -0.25) is 4.84 Å². The summed E-state index contributed by atoms with van der Waals surface area (Å²) < 4.78 is 45.2. The van der Waals surface area contributed by atoms with Gasteiger partial charge in [-0.1, -0.05) is 24.3 Å². The number of alkyl halides is 3. The third-order valence-corrected chi connectivity index (χ3v) is 4.27. The van der Waals surface area contributed by atoms with Gasteiger partial charge in [0, 0.05) is 18.8 Å². The van der Waals surface area contributed by atoms with Crippen LogP contribution in [0.4, 0.5) is 19.0 Å². The van der Waals surface area contributed by atoms with Crippen LogP contribution in [-0.4, -0.2) is 33.7 Å². The Morgan fingerprint density at radius 3 is 2.38 bits per heavy atom. The molecular weight excluding hydrogens is 411 g/mol. The van der Waals surface area contributed by atoms with Crippen LogP contribution in [0, 0.1) is 0 Å². The van der Waals surface area contributed by atoms with Crippen LogP contribution in [0.25, 0.3) is 11.4 Å². The number of hydrogen-bond acceptors (Lipinski definition) is 6. The highest BCUT2D eigenvalue weighted by Crippen LogP contribution is 2.31. The molecule has 2 aromatic heterocycles. The van der Waals surface area contributed by atoms with Gasteiger partial charge in [0.05, 0.1) is 27.0 Å². The number of halogens is 4. The molecule has 0 saturated carbocycles. The van der Waals surface area contributed by atoms with Gasteiger partial charge in [-0.25, -0.2) is 15.0 Å². The summed E-state index contributed by atoms with van der Waals surface area (Å²) in [5.41, 5.74) is 0.438. The lowest BCUT2D eigenvalue weighted by Gasteiger charge is -2.22. The molecule has 0 amide bonds. The zero-order chi connectivity index (χ0) is 21.2. The number of nitrogens with zero attached hydrogens (tertiary/aromatic N) is 5. The molecule has 0 saturated heterocycles. The largest absolute Gasteiger partial charge is 0.491 e. The van der Waals surface area contributed by atoms with Gasteiger partial charge in [-0.15, -0.1) is 0 Å². The molecule has 3 rings (SSSR count). The fraction of sp³-hybridized carbons (Fsp3) is 0.278. The first-order valence-electron chi connectivity index (χ1n) is 8.31. The molecule has 7 nitrogen and oxygen atoms in total. The maximum absolute atomic E-state index is 12.9. The van der Waals surface area contributed by atoms with Crippen LogP contribution in [-0.2, 0) is 24.6 Å². The molecule has 0 N–H and O–H groups in total. The van der Waals surface area contributed by atoms with Gasteiger partial charge in [0.2, 0.25) is 5.28 Å². The first-order chi connectivity index (χ1) is 13.7.